The highest BCUT2D eigenvalue weighted by Crippen LogP contribution is 2.21. The molecule has 1 N–H and O–H groups in total. The summed E-state index contributed by atoms with van der Waals surface area (Å²) in [5, 5.41) is 2.77. The highest BCUT2D eigenvalue weighted by atomic mass is 16.5. The molecule has 2 rings (SSSR count). The highest BCUT2D eigenvalue weighted by Gasteiger charge is 2.14. The van der Waals surface area contributed by atoms with Gasteiger partial charge in [-0.2, -0.15) is 0 Å². The molecule has 0 aliphatic heterocycles. The zero-order valence-corrected chi connectivity index (χ0v) is 18.1. The number of rotatable bonds is 10. The van der Waals surface area contributed by atoms with E-state index in [9.17, 15) is 9.59 Å². The SMILES string of the molecule is CC(C)NC(=O)COc1ccc([C@@H](C)CC(=O)Cc2ccc(C(C)C)cc2)nc1. The maximum atomic E-state index is 12.5. The first-order chi connectivity index (χ1) is 13.7. The number of nitrogens with zero attached hydrogens (tertiary/aromatic N) is 1. The molecular formula is C24H32N2O3. The Morgan fingerprint density at radius 3 is 2.24 bits per heavy atom. The Bertz CT molecular complexity index is 796. The van der Waals surface area contributed by atoms with Crippen LogP contribution in [0.1, 0.15) is 69.7 Å². The summed E-state index contributed by atoms with van der Waals surface area (Å²) in [6, 6.07) is 12.0. The van der Waals surface area contributed by atoms with E-state index in [1.165, 1.54) is 5.56 Å². The van der Waals surface area contributed by atoms with Crippen molar-refractivity contribution >= 4 is 11.7 Å². The van der Waals surface area contributed by atoms with Crippen molar-refractivity contribution in [1.82, 2.24) is 10.3 Å². The topological polar surface area (TPSA) is 68.3 Å². The van der Waals surface area contributed by atoms with Crippen molar-refractivity contribution in [2.75, 3.05) is 6.61 Å². The summed E-state index contributed by atoms with van der Waals surface area (Å²) in [6.45, 7) is 10.1. The lowest BCUT2D eigenvalue weighted by molar-refractivity contribution is -0.123. The fraction of sp³-hybridized carbons (Fsp3) is 0.458. The Kier molecular flexibility index (Phi) is 8.37. The number of amides is 1. The largest absolute Gasteiger partial charge is 0.482 e. The smallest absolute Gasteiger partial charge is 0.258 e. The molecule has 5 nitrogen and oxygen atoms in total. The molecule has 0 radical (unpaired) electrons. The molecule has 0 saturated carbocycles. The van der Waals surface area contributed by atoms with Crippen LogP contribution in [0.4, 0.5) is 0 Å². The number of carbonyl (C=O) groups is 2. The summed E-state index contributed by atoms with van der Waals surface area (Å²) < 4.78 is 5.45. The first-order valence-corrected chi connectivity index (χ1v) is 10.2. The molecular weight excluding hydrogens is 364 g/mol. The van der Waals surface area contributed by atoms with Crippen LogP contribution in [0.5, 0.6) is 5.75 Å². The Labute approximate surface area is 173 Å². The van der Waals surface area contributed by atoms with E-state index in [0.29, 0.717) is 24.5 Å². The third kappa shape index (κ3) is 7.68. The van der Waals surface area contributed by atoms with Crippen LogP contribution < -0.4 is 10.1 Å². The molecule has 0 aliphatic carbocycles. The number of ketones is 1. The van der Waals surface area contributed by atoms with Crippen LogP contribution in [-0.2, 0) is 16.0 Å². The van der Waals surface area contributed by atoms with Gasteiger partial charge in [0.2, 0.25) is 0 Å². The summed E-state index contributed by atoms with van der Waals surface area (Å²) in [5.41, 5.74) is 3.17. The Morgan fingerprint density at radius 1 is 1.00 bits per heavy atom. The number of hydrogen-bond donors (Lipinski definition) is 1. The summed E-state index contributed by atoms with van der Waals surface area (Å²) >= 11 is 0. The van der Waals surface area contributed by atoms with Crippen LogP contribution in [0.15, 0.2) is 42.6 Å². The van der Waals surface area contributed by atoms with Crippen LogP contribution in [0.25, 0.3) is 0 Å². The maximum absolute atomic E-state index is 12.5. The number of nitrogens with one attached hydrogen (secondary N) is 1. The molecule has 0 aliphatic rings. The fourth-order valence-corrected chi connectivity index (χ4v) is 3.05. The lowest BCUT2D eigenvalue weighted by Crippen LogP contribution is -2.34. The molecule has 1 aromatic heterocycles. The average molecular weight is 397 g/mol. The minimum absolute atomic E-state index is 0.0238. The van der Waals surface area contributed by atoms with E-state index in [1.807, 2.05) is 39.0 Å². The van der Waals surface area contributed by atoms with Gasteiger partial charge in [-0.3, -0.25) is 14.6 Å². The number of hydrogen-bond acceptors (Lipinski definition) is 4. The molecule has 0 saturated heterocycles. The number of aromatic nitrogens is 1. The van der Waals surface area contributed by atoms with Crippen molar-refractivity contribution in [2.24, 2.45) is 0 Å². The molecule has 1 amide bonds. The second-order valence-corrected chi connectivity index (χ2v) is 8.15. The van der Waals surface area contributed by atoms with Gasteiger partial charge in [-0.15, -0.1) is 0 Å². The Hall–Kier alpha value is -2.69. The summed E-state index contributed by atoms with van der Waals surface area (Å²) in [4.78, 5) is 28.5. The van der Waals surface area contributed by atoms with Crippen LogP contribution >= 0.6 is 0 Å². The second kappa shape index (κ2) is 10.7. The van der Waals surface area contributed by atoms with E-state index in [-0.39, 0.29) is 30.3 Å². The van der Waals surface area contributed by atoms with E-state index >= 15 is 0 Å². The van der Waals surface area contributed by atoms with Gasteiger partial charge in [-0.1, -0.05) is 45.0 Å². The van der Waals surface area contributed by atoms with Gasteiger partial charge < -0.3 is 10.1 Å². The minimum Gasteiger partial charge on any atom is -0.482 e. The predicted octanol–water partition coefficient (Wildman–Crippen LogP) is 4.41. The number of pyridine rings is 1. The van der Waals surface area contributed by atoms with E-state index in [0.717, 1.165) is 11.3 Å². The molecule has 0 fully saturated rings. The third-order valence-corrected chi connectivity index (χ3v) is 4.67. The first kappa shape index (κ1) is 22.6. The van der Waals surface area contributed by atoms with Gasteiger partial charge >= 0.3 is 0 Å². The molecule has 156 valence electrons. The molecule has 5 heteroatoms. The summed E-state index contributed by atoms with van der Waals surface area (Å²) in [7, 11) is 0. The molecule has 1 aromatic carbocycles. The maximum Gasteiger partial charge on any atom is 0.258 e. The summed E-state index contributed by atoms with van der Waals surface area (Å²) in [6.07, 6.45) is 2.48. The lowest BCUT2D eigenvalue weighted by atomic mass is 9.95. The van der Waals surface area contributed by atoms with E-state index in [2.05, 4.69) is 36.3 Å². The fourth-order valence-electron chi connectivity index (χ4n) is 3.05. The van der Waals surface area contributed by atoms with Gasteiger partial charge in [0, 0.05) is 30.5 Å². The van der Waals surface area contributed by atoms with Crippen LogP contribution in [0, 0.1) is 0 Å². The standard InChI is InChI=1S/C24H32N2O3/c1-16(2)20-8-6-19(7-9-20)13-21(27)12-18(5)23-11-10-22(14-25-23)29-15-24(28)26-17(3)4/h6-11,14,16-18H,12-13,15H2,1-5H3,(H,26,28)/t18-/m0/s1. The van der Waals surface area contributed by atoms with Crippen LogP contribution in [0.2, 0.25) is 0 Å². The minimum atomic E-state index is -0.163. The van der Waals surface area contributed by atoms with Crippen molar-refractivity contribution in [2.45, 2.75) is 65.3 Å². The van der Waals surface area contributed by atoms with Gasteiger partial charge in [-0.25, -0.2) is 0 Å². The predicted molar refractivity (Wildman–Crippen MR) is 115 cm³/mol. The second-order valence-electron chi connectivity index (χ2n) is 8.15. The van der Waals surface area contributed by atoms with Crippen molar-refractivity contribution in [3.8, 4) is 5.75 Å². The highest BCUT2D eigenvalue weighted by molar-refractivity contribution is 5.81. The molecule has 2 aromatic rings. The van der Waals surface area contributed by atoms with Gasteiger partial charge in [-0.05, 0) is 43.0 Å². The van der Waals surface area contributed by atoms with Crippen LogP contribution in [0.3, 0.4) is 0 Å². The molecule has 0 bridgehead atoms. The first-order valence-electron chi connectivity index (χ1n) is 10.2. The molecule has 29 heavy (non-hydrogen) atoms. The van der Waals surface area contributed by atoms with E-state index in [1.54, 1.807) is 12.3 Å². The van der Waals surface area contributed by atoms with Gasteiger partial charge in [0.05, 0.1) is 6.20 Å². The van der Waals surface area contributed by atoms with Crippen molar-refractivity contribution in [3.63, 3.8) is 0 Å². The number of ether oxygens (including phenoxy) is 1. The monoisotopic (exact) mass is 396 g/mol. The number of benzene rings is 1. The molecule has 1 atom stereocenters. The number of Topliss-reactive ketones (excluding diaryl/α,β-unsaturated/α-hetero) is 1. The zero-order valence-electron chi connectivity index (χ0n) is 18.1. The van der Waals surface area contributed by atoms with Gasteiger partial charge in [0.1, 0.15) is 11.5 Å². The quantitative estimate of drug-likeness (QED) is 0.646. The molecule has 0 spiro atoms. The zero-order chi connectivity index (χ0) is 21.4. The summed E-state index contributed by atoms with van der Waals surface area (Å²) in [5.74, 6) is 1.08. The van der Waals surface area contributed by atoms with E-state index < -0.39 is 0 Å². The Morgan fingerprint density at radius 2 is 1.69 bits per heavy atom. The molecule has 1 heterocycles. The van der Waals surface area contributed by atoms with Crippen molar-refractivity contribution in [3.05, 3.63) is 59.4 Å². The average Bonchev–Trinajstić information content (AvgIpc) is 2.66. The van der Waals surface area contributed by atoms with Crippen molar-refractivity contribution < 1.29 is 14.3 Å². The van der Waals surface area contributed by atoms with Gasteiger partial charge in [0.25, 0.3) is 5.91 Å². The molecule has 0 unspecified atom stereocenters. The third-order valence-electron chi connectivity index (χ3n) is 4.67. The van der Waals surface area contributed by atoms with Gasteiger partial charge in [0.15, 0.2) is 6.61 Å². The van der Waals surface area contributed by atoms with E-state index in [4.69, 9.17) is 4.74 Å². The lowest BCUT2D eigenvalue weighted by Gasteiger charge is -2.12. The normalized spacial score (nSPS) is 12.1. The van der Waals surface area contributed by atoms with Crippen LogP contribution in [-0.4, -0.2) is 29.3 Å². The Balaban J connectivity index is 1.84. The van der Waals surface area contributed by atoms with Crippen molar-refractivity contribution in [1.29, 1.82) is 0 Å². The number of carbonyl (C=O) groups excluding carboxylic acids is 2.